The number of nitrogens with zero attached hydrogens (tertiary/aromatic N) is 1. The van der Waals surface area contributed by atoms with Gasteiger partial charge in [-0.1, -0.05) is 25.1 Å². The third-order valence-electron chi connectivity index (χ3n) is 3.19. The number of halogens is 1. The van der Waals surface area contributed by atoms with Gasteiger partial charge in [-0.05, 0) is 31.0 Å². The fourth-order valence-corrected chi connectivity index (χ4v) is 2.39. The molecule has 0 bridgehead atoms. The molecule has 1 aliphatic rings. The molecule has 0 radical (unpaired) electrons. The lowest BCUT2D eigenvalue weighted by Gasteiger charge is -2.23. The van der Waals surface area contributed by atoms with Crippen LogP contribution in [0.25, 0.3) is 0 Å². The van der Waals surface area contributed by atoms with Gasteiger partial charge in [0.2, 0.25) is 0 Å². The van der Waals surface area contributed by atoms with Gasteiger partial charge in [0.05, 0.1) is 0 Å². The summed E-state index contributed by atoms with van der Waals surface area (Å²) in [5.74, 6) is -0.320. The van der Waals surface area contributed by atoms with Gasteiger partial charge in [-0.25, -0.2) is 4.39 Å². The van der Waals surface area contributed by atoms with Crippen LogP contribution in [-0.4, -0.2) is 18.1 Å². The second-order valence-corrected chi connectivity index (χ2v) is 4.87. The van der Waals surface area contributed by atoms with Crippen molar-refractivity contribution in [1.82, 2.24) is 0 Å². The van der Waals surface area contributed by atoms with E-state index in [4.69, 9.17) is 18.0 Å². The van der Waals surface area contributed by atoms with Crippen molar-refractivity contribution in [2.45, 2.75) is 25.7 Å². The van der Waals surface area contributed by atoms with E-state index in [0.717, 1.165) is 18.8 Å². The molecular formula is C13H17FN2S. The maximum absolute atomic E-state index is 13.8. The molecule has 4 heteroatoms. The summed E-state index contributed by atoms with van der Waals surface area (Å²) in [5.41, 5.74) is 6.71. The maximum atomic E-state index is 13.8. The minimum atomic E-state index is -0.320. The molecule has 1 saturated heterocycles. The molecule has 1 aromatic carbocycles. The Morgan fingerprint density at radius 1 is 1.18 bits per heavy atom. The van der Waals surface area contributed by atoms with Gasteiger partial charge in [-0.3, -0.25) is 0 Å². The molecule has 17 heavy (non-hydrogen) atoms. The van der Waals surface area contributed by atoms with Gasteiger partial charge >= 0.3 is 0 Å². The maximum Gasteiger partial charge on any atom is 0.135 e. The Hall–Kier alpha value is -1.16. The first-order valence-electron chi connectivity index (χ1n) is 6.03. The molecule has 0 atom stereocenters. The van der Waals surface area contributed by atoms with E-state index in [1.807, 2.05) is 6.07 Å². The Morgan fingerprint density at radius 3 is 2.35 bits per heavy atom. The summed E-state index contributed by atoms with van der Waals surface area (Å²) in [6, 6.07) is 5.13. The molecule has 2 rings (SSSR count). The monoisotopic (exact) mass is 252 g/mol. The molecule has 1 aliphatic heterocycles. The van der Waals surface area contributed by atoms with E-state index in [-0.39, 0.29) is 10.8 Å². The van der Waals surface area contributed by atoms with Crippen LogP contribution in [0.15, 0.2) is 18.2 Å². The second kappa shape index (κ2) is 5.45. The lowest BCUT2D eigenvalue weighted by atomic mass is 10.1. The molecule has 2 N–H and O–H groups in total. The molecule has 0 aliphatic carbocycles. The van der Waals surface area contributed by atoms with Crippen LogP contribution in [0.3, 0.4) is 0 Å². The van der Waals surface area contributed by atoms with Crippen LogP contribution in [-0.2, 0) is 0 Å². The number of anilines is 1. The number of hydrogen-bond acceptors (Lipinski definition) is 2. The average molecular weight is 252 g/mol. The molecule has 2 nitrogen and oxygen atoms in total. The van der Waals surface area contributed by atoms with Gasteiger partial charge in [0.15, 0.2) is 0 Å². The highest BCUT2D eigenvalue weighted by atomic mass is 32.1. The number of rotatable bonds is 2. The number of nitrogens with two attached hydrogens (primary N) is 1. The number of thiocarbonyl (C=S) groups is 1. The van der Waals surface area contributed by atoms with Gasteiger partial charge in [0, 0.05) is 24.3 Å². The number of hydrogen-bond donors (Lipinski definition) is 1. The second-order valence-electron chi connectivity index (χ2n) is 4.43. The van der Waals surface area contributed by atoms with Crippen molar-refractivity contribution in [2.75, 3.05) is 18.0 Å². The third kappa shape index (κ3) is 2.94. The Labute approximate surface area is 107 Å². The Balaban J connectivity index is 2.21. The summed E-state index contributed by atoms with van der Waals surface area (Å²) < 4.78 is 13.8. The van der Waals surface area contributed by atoms with Crippen molar-refractivity contribution in [3.05, 3.63) is 29.6 Å². The lowest BCUT2D eigenvalue weighted by molar-refractivity contribution is 0.624. The van der Waals surface area contributed by atoms with Crippen molar-refractivity contribution in [3.63, 3.8) is 0 Å². The minimum Gasteiger partial charge on any atom is -0.389 e. The summed E-state index contributed by atoms with van der Waals surface area (Å²) in [7, 11) is 0. The lowest BCUT2D eigenvalue weighted by Crippen LogP contribution is -2.24. The highest BCUT2D eigenvalue weighted by Crippen LogP contribution is 2.22. The fourth-order valence-electron chi connectivity index (χ4n) is 2.23. The molecule has 0 unspecified atom stereocenters. The van der Waals surface area contributed by atoms with Crippen LogP contribution in [0.5, 0.6) is 0 Å². The first kappa shape index (κ1) is 12.3. The van der Waals surface area contributed by atoms with E-state index in [2.05, 4.69) is 4.90 Å². The van der Waals surface area contributed by atoms with Gasteiger partial charge in [0.1, 0.15) is 10.8 Å². The summed E-state index contributed by atoms with van der Waals surface area (Å²) in [6.07, 6.45) is 4.89. The van der Waals surface area contributed by atoms with Crippen molar-refractivity contribution in [3.8, 4) is 0 Å². The molecule has 92 valence electrons. The molecule has 0 amide bonds. The summed E-state index contributed by atoms with van der Waals surface area (Å²) >= 11 is 4.80. The van der Waals surface area contributed by atoms with Crippen LogP contribution >= 0.6 is 12.2 Å². The minimum absolute atomic E-state index is 0.116. The molecule has 0 spiro atoms. The van der Waals surface area contributed by atoms with E-state index in [0.29, 0.717) is 5.56 Å². The molecule has 0 aromatic heterocycles. The number of benzene rings is 1. The van der Waals surface area contributed by atoms with Crippen LogP contribution in [0.2, 0.25) is 0 Å². The summed E-state index contributed by atoms with van der Waals surface area (Å²) in [6.45, 7) is 2.01. The van der Waals surface area contributed by atoms with Crippen molar-refractivity contribution < 1.29 is 4.39 Å². The third-order valence-corrected chi connectivity index (χ3v) is 3.41. The van der Waals surface area contributed by atoms with Crippen LogP contribution in [0.1, 0.15) is 31.2 Å². The van der Waals surface area contributed by atoms with Crippen LogP contribution < -0.4 is 10.6 Å². The van der Waals surface area contributed by atoms with Crippen molar-refractivity contribution in [2.24, 2.45) is 5.73 Å². The molecular weight excluding hydrogens is 235 g/mol. The Kier molecular flexibility index (Phi) is 3.94. The van der Waals surface area contributed by atoms with Crippen molar-refractivity contribution >= 4 is 22.9 Å². The highest BCUT2D eigenvalue weighted by Gasteiger charge is 2.12. The zero-order valence-corrected chi connectivity index (χ0v) is 10.6. The fraction of sp³-hybridized carbons (Fsp3) is 0.462. The molecule has 1 fully saturated rings. The van der Waals surface area contributed by atoms with E-state index in [1.54, 1.807) is 12.1 Å². The zero-order valence-electron chi connectivity index (χ0n) is 9.79. The van der Waals surface area contributed by atoms with E-state index in [9.17, 15) is 4.39 Å². The van der Waals surface area contributed by atoms with Crippen LogP contribution in [0.4, 0.5) is 10.1 Å². The predicted molar refractivity (Wildman–Crippen MR) is 73.0 cm³/mol. The average Bonchev–Trinajstić information content (AvgIpc) is 2.56. The zero-order chi connectivity index (χ0) is 12.3. The van der Waals surface area contributed by atoms with Gasteiger partial charge in [-0.15, -0.1) is 0 Å². The topological polar surface area (TPSA) is 29.3 Å². The quantitative estimate of drug-likeness (QED) is 0.821. The van der Waals surface area contributed by atoms with Crippen LogP contribution in [0, 0.1) is 5.82 Å². The smallest absolute Gasteiger partial charge is 0.135 e. The Morgan fingerprint density at radius 2 is 1.82 bits per heavy atom. The molecule has 1 heterocycles. The standard InChI is InChI=1S/C13H17FN2S/c14-12-9-10(5-6-11(12)13(15)17)16-7-3-1-2-4-8-16/h5-6,9H,1-4,7-8H2,(H2,15,17). The van der Waals surface area contributed by atoms with Gasteiger partial charge in [-0.2, -0.15) is 0 Å². The predicted octanol–water partition coefficient (Wildman–Crippen LogP) is 2.84. The SMILES string of the molecule is NC(=S)c1ccc(N2CCCCCC2)cc1F. The van der Waals surface area contributed by atoms with Gasteiger partial charge < -0.3 is 10.6 Å². The first-order chi connectivity index (χ1) is 8.18. The molecule has 1 aromatic rings. The summed E-state index contributed by atoms with van der Waals surface area (Å²) in [4.78, 5) is 2.35. The van der Waals surface area contributed by atoms with Crippen molar-refractivity contribution in [1.29, 1.82) is 0 Å². The van der Waals surface area contributed by atoms with E-state index >= 15 is 0 Å². The van der Waals surface area contributed by atoms with E-state index in [1.165, 1.54) is 25.7 Å². The Bertz CT molecular complexity index is 412. The van der Waals surface area contributed by atoms with Gasteiger partial charge in [0.25, 0.3) is 0 Å². The summed E-state index contributed by atoms with van der Waals surface area (Å²) in [5, 5.41) is 0. The largest absolute Gasteiger partial charge is 0.389 e. The van der Waals surface area contributed by atoms with E-state index < -0.39 is 0 Å². The molecule has 0 saturated carbocycles. The highest BCUT2D eigenvalue weighted by molar-refractivity contribution is 7.80. The first-order valence-corrected chi connectivity index (χ1v) is 6.43. The normalized spacial score (nSPS) is 16.6.